The van der Waals surface area contributed by atoms with E-state index in [0.717, 1.165) is 38.5 Å². The molecule has 0 aromatic carbocycles. The highest BCUT2D eigenvalue weighted by Crippen LogP contribution is 2.19. The Morgan fingerprint density at radius 3 is 1.28 bits per heavy atom. The van der Waals surface area contributed by atoms with Crippen LogP contribution in [0.3, 0.4) is 0 Å². The summed E-state index contributed by atoms with van der Waals surface area (Å²) >= 11 is 0. The maximum absolute atomic E-state index is 11.4. The molecule has 0 radical (unpaired) electrons. The third kappa shape index (κ3) is 21.8. The summed E-state index contributed by atoms with van der Waals surface area (Å²) in [5.41, 5.74) is 0. The van der Waals surface area contributed by atoms with Crippen LogP contribution < -0.4 is 5.32 Å². The largest absolute Gasteiger partial charge is 0.323 e. The summed E-state index contributed by atoms with van der Waals surface area (Å²) < 4.78 is 32.2. The van der Waals surface area contributed by atoms with Crippen LogP contribution in [-0.4, -0.2) is 32.3 Å². The molecule has 1 unspecified atom stereocenters. The number of hydrogen-bond donors (Lipinski definition) is 2. The lowest BCUT2D eigenvalue weighted by atomic mass is 10.0. The smallest absolute Gasteiger partial charge is 0.267 e. The van der Waals surface area contributed by atoms with Crippen LogP contribution in [0.5, 0.6) is 0 Å². The molecule has 0 aromatic rings. The molecule has 0 fully saturated rings. The monoisotopic (exact) mass is 379 g/mol. The van der Waals surface area contributed by atoms with Gasteiger partial charge in [0.2, 0.25) is 0 Å². The molecular formula is C20H45NO3S. The molecule has 0 rings (SSSR count). The lowest BCUT2D eigenvalue weighted by Gasteiger charge is -2.13. The Bertz CT molecular complexity index is 345. The van der Waals surface area contributed by atoms with Gasteiger partial charge < -0.3 is 5.32 Å². The maximum Gasteiger partial charge on any atom is 0.267 e. The minimum absolute atomic E-state index is 0.533. The standard InChI is InChI=1S/C18H38O3S.C2H7N/c1-3-5-7-9-10-11-12-13-15-17-18(22(19,20)21)16-14-8-6-4-2;1-3-2/h18H,3-17H2,1-2H3,(H,19,20,21);3H,1-2H3. The second-order valence-electron chi connectivity index (χ2n) is 7.10. The third-order valence-electron chi connectivity index (χ3n) is 4.43. The van der Waals surface area contributed by atoms with E-state index in [2.05, 4.69) is 19.2 Å². The molecule has 0 aromatic heterocycles. The molecule has 1 atom stereocenters. The average molecular weight is 380 g/mol. The van der Waals surface area contributed by atoms with E-state index in [1.54, 1.807) is 0 Å². The Balaban J connectivity index is 0. The topological polar surface area (TPSA) is 66.4 Å². The minimum atomic E-state index is -3.86. The van der Waals surface area contributed by atoms with Crippen molar-refractivity contribution in [2.24, 2.45) is 0 Å². The Morgan fingerprint density at radius 2 is 0.960 bits per heavy atom. The van der Waals surface area contributed by atoms with Crippen molar-refractivity contribution in [3.8, 4) is 0 Å². The first-order chi connectivity index (χ1) is 11.9. The van der Waals surface area contributed by atoms with Gasteiger partial charge in [-0.05, 0) is 26.9 Å². The predicted octanol–water partition coefficient (Wildman–Crippen LogP) is 5.97. The molecular weight excluding hydrogens is 334 g/mol. The molecule has 0 spiro atoms. The maximum atomic E-state index is 11.4. The lowest BCUT2D eigenvalue weighted by molar-refractivity contribution is 0.443. The van der Waals surface area contributed by atoms with Crippen molar-refractivity contribution in [3.05, 3.63) is 0 Å². The van der Waals surface area contributed by atoms with Crippen LogP contribution in [0, 0.1) is 0 Å². The van der Waals surface area contributed by atoms with E-state index >= 15 is 0 Å². The van der Waals surface area contributed by atoms with Crippen LogP contribution in [0.15, 0.2) is 0 Å². The highest BCUT2D eigenvalue weighted by Gasteiger charge is 2.21. The second-order valence-corrected chi connectivity index (χ2v) is 8.80. The predicted molar refractivity (Wildman–Crippen MR) is 111 cm³/mol. The van der Waals surface area contributed by atoms with Crippen molar-refractivity contribution < 1.29 is 13.0 Å². The highest BCUT2D eigenvalue weighted by molar-refractivity contribution is 7.86. The zero-order chi connectivity index (χ0) is 19.4. The zero-order valence-corrected chi connectivity index (χ0v) is 18.2. The van der Waals surface area contributed by atoms with Gasteiger partial charge in [0.05, 0.1) is 5.25 Å². The number of hydrogen-bond acceptors (Lipinski definition) is 3. The van der Waals surface area contributed by atoms with Crippen molar-refractivity contribution in [1.82, 2.24) is 5.32 Å². The summed E-state index contributed by atoms with van der Waals surface area (Å²) in [6, 6.07) is 0. The summed E-state index contributed by atoms with van der Waals surface area (Å²) in [6.07, 6.45) is 16.6. The molecule has 25 heavy (non-hydrogen) atoms. The van der Waals surface area contributed by atoms with E-state index in [0.29, 0.717) is 12.8 Å². The zero-order valence-electron chi connectivity index (χ0n) is 17.4. The Labute approximate surface area is 158 Å². The Morgan fingerprint density at radius 1 is 0.680 bits per heavy atom. The van der Waals surface area contributed by atoms with Crippen molar-refractivity contribution in [2.75, 3.05) is 14.1 Å². The Hall–Kier alpha value is -0.130. The fraction of sp³-hybridized carbons (Fsp3) is 1.00. The molecule has 0 aliphatic carbocycles. The first kappa shape index (κ1) is 27.1. The highest BCUT2D eigenvalue weighted by atomic mass is 32.2. The third-order valence-corrected chi connectivity index (χ3v) is 5.74. The van der Waals surface area contributed by atoms with Crippen LogP contribution in [-0.2, 0) is 10.1 Å². The molecule has 0 saturated carbocycles. The van der Waals surface area contributed by atoms with E-state index in [1.165, 1.54) is 44.9 Å². The fourth-order valence-electron chi connectivity index (χ4n) is 2.92. The molecule has 0 saturated heterocycles. The summed E-state index contributed by atoms with van der Waals surface area (Å²) in [4.78, 5) is 0. The fourth-order valence-corrected chi connectivity index (χ4v) is 3.85. The molecule has 0 aliphatic rings. The number of rotatable bonds is 16. The van der Waals surface area contributed by atoms with Gasteiger partial charge in [-0.1, -0.05) is 97.3 Å². The molecule has 0 heterocycles. The summed E-state index contributed by atoms with van der Waals surface area (Å²) in [7, 11) is -0.110. The Kier molecular flexibility index (Phi) is 21.9. The molecule has 4 nitrogen and oxygen atoms in total. The van der Waals surface area contributed by atoms with Gasteiger partial charge in [0.25, 0.3) is 10.1 Å². The second kappa shape index (κ2) is 20.2. The van der Waals surface area contributed by atoms with Crippen LogP contribution in [0.2, 0.25) is 0 Å². The van der Waals surface area contributed by atoms with Crippen LogP contribution in [0.25, 0.3) is 0 Å². The van der Waals surface area contributed by atoms with E-state index in [4.69, 9.17) is 0 Å². The lowest BCUT2D eigenvalue weighted by Crippen LogP contribution is -2.20. The van der Waals surface area contributed by atoms with Gasteiger partial charge in [-0.2, -0.15) is 8.42 Å². The normalized spacial score (nSPS) is 12.5. The van der Waals surface area contributed by atoms with E-state index in [1.807, 2.05) is 14.1 Å². The number of nitrogens with one attached hydrogen (secondary N) is 1. The van der Waals surface area contributed by atoms with Gasteiger partial charge in [0.1, 0.15) is 0 Å². The van der Waals surface area contributed by atoms with Gasteiger partial charge in [-0.3, -0.25) is 4.55 Å². The van der Waals surface area contributed by atoms with Crippen LogP contribution in [0.1, 0.15) is 110 Å². The first-order valence-corrected chi connectivity index (χ1v) is 12.0. The number of unbranched alkanes of at least 4 members (excludes halogenated alkanes) is 11. The first-order valence-electron chi connectivity index (χ1n) is 10.5. The van der Waals surface area contributed by atoms with E-state index in [-0.39, 0.29) is 0 Å². The minimum Gasteiger partial charge on any atom is -0.323 e. The average Bonchev–Trinajstić information content (AvgIpc) is 2.55. The van der Waals surface area contributed by atoms with Crippen LogP contribution >= 0.6 is 0 Å². The van der Waals surface area contributed by atoms with Crippen molar-refractivity contribution in [1.29, 1.82) is 0 Å². The van der Waals surface area contributed by atoms with Gasteiger partial charge in [0, 0.05) is 0 Å². The molecule has 0 amide bonds. The summed E-state index contributed by atoms with van der Waals surface area (Å²) in [5, 5.41) is 2.22. The van der Waals surface area contributed by atoms with Gasteiger partial charge in [0.15, 0.2) is 0 Å². The molecule has 5 heteroatoms. The quantitative estimate of drug-likeness (QED) is 0.256. The van der Waals surface area contributed by atoms with Gasteiger partial charge in [-0.25, -0.2) is 0 Å². The molecule has 2 N–H and O–H groups in total. The van der Waals surface area contributed by atoms with E-state index in [9.17, 15) is 13.0 Å². The van der Waals surface area contributed by atoms with Gasteiger partial charge >= 0.3 is 0 Å². The SMILES string of the molecule is CCCCCCCCCCCC(CCCCCC)S(=O)(=O)O.CNC. The molecule has 154 valence electrons. The molecule has 0 aliphatic heterocycles. The van der Waals surface area contributed by atoms with Gasteiger partial charge in [-0.15, -0.1) is 0 Å². The van der Waals surface area contributed by atoms with E-state index < -0.39 is 15.4 Å². The van der Waals surface area contributed by atoms with Crippen molar-refractivity contribution >= 4 is 10.1 Å². The van der Waals surface area contributed by atoms with Crippen LogP contribution in [0.4, 0.5) is 0 Å². The van der Waals surface area contributed by atoms with Crippen molar-refractivity contribution in [3.63, 3.8) is 0 Å². The summed E-state index contributed by atoms with van der Waals surface area (Å²) in [5.74, 6) is 0. The summed E-state index contributed by atoms with van der Waals surface area (Å²) in [6.45, 7) is 4.37. The molecule has 0 bridgehead atoms. The van der Waals surface area contributed by atoms with Crippen molar-refractivity contribution in [2.45, 2.75) is 115 Å².